The number of ether oxygens (including phenoxy) is 1. The second-order valence-electron chi connectivity index (χ2n) is 7.99. The summed E-state index contributed by atoms with van der Waals surface area (Å²) in [6, 6.07) is 7.51. The molecule has 1 aromatic rings. The van der Waals surface area contributed by atoms with Crippen LogP contribution in [0.1, 0.15) is 56.7 Å². The fraction of sp³-hybridized carbons (Fsp3) is 0.524. The number of hydrogen-bond acceptors (Lipinski definition) is 5. The van der Waals surface area contributed by atoms with Gasteiger partial charge in [-0.3, -0.25) is 19.3 Å². The minimum atomic E-state index is -0.923. The third-order valence-electron chi connectivity index (χ3n) is 5.28. The van der Waals surface area contributed by atoms with Crippen molar-refractivity contribution in [3.63, 3.8) is 0 Å². The number of urea groups is 1. The molecule has 0 unspecified atom stereocenters. The number of nitrogens with one attached hydrogen (secondary N) is 2. The first-order valence-electron chi connectivity index (χ1n) is 9.95. The SMILES string of the molecule is CC1(C)NC(=O)N(CCCC(=O)OCC(=O)N[C@@H]2CCCc3ccccc32)C1=O. The molecule has 1 saturated heterocycles. The molecule has 1 aliphatic carbocycles. The average Bonchev–Trinajstić information content (AvgIpc) is 2.88. The number of esters is 1. The molecular formula is C21H27N3O5. The topological polar surface area (TPSA) is 105 Å². The van der Waals surface area contributed by atoms with E-state index < -0.39 is 17.5 Å². The van der Waals surface area contributed by atoms with Crippen LogP contribution in [0.3, 0.4) is 0 Å². The van der Waals surface area contributed by atoms with Gasteiger partial charge in [0.05, 0.1) is 6.04 Å². The normalized spacial score (nSPS) is 20.1. The Hall–Kier alpha value is -2.90. The van der Waals surface area contributed by atoms with Crippen LogP contribution in [0.15, 0.2) is 24.3 Å². The zero-order chi connectivity index (χ0) is 21.0. The number of carbonyl (C=O) groups excluding carboxylic acids is 4. The minimum absolute atomic E-state index is 0.0248. The molecule has 8 heteroatoms. The first-order valence-corrected chi connectivity index (χ1v) is 9.95. The first-order chi connectivity index (χ1) is 13.8. The van der Waals surface area contributed by atoms with Gasteiger partial charge in [0, 0.05) is 13.0 Å². The second-order valence-corrected chi connectivity index (χ2v) is 7.99. The van der Waals surface area contributed by atoms with Crippen LogP contribution in [0.5, 0.6) is 0 Å². The summed E-state index contributed by atoms with van der Waals surface area (Å²) < 4.78 is 5.04. The van der Waals surface area contributed by atoms with Crippen molar-refractivity contribution in [3.8, 4) is 0 Å². The van der Waals surface area contributed by atoms with Crippen molar-refractivity contribution >= 4 is 23.8 Å². The molecule has 0 bridgehead atoms. The smallest absolute Gasteiger partial charge is 0.325 e. The van der Waals surface area contributed by atoms with E-state index in [-0.39, 0.29) is 43.8 Å². The number of rotatable bonds is 7. The highest BCUT2D eigenvalue weighted by Crippen LogP contribution is 2.29. The number of amides is 4. The van der Waals surface area contributed by atoms with Crippen LogP contribution in [0, 0.1) is 0 Å². The lowest BCUT2D eigenvalue weighted by molar-refractivity contribution is -0.149. The van der Waals surface area contributed by atoms with Gasteiger partial charge < -0.3 is 15.4 Å². The van der Waals surface area contributed by atoms with Gasteiger partial charge in [-0.2, -0.15) is 0 Å². The Morgan fingerprint density at radius 3 is 2.76 bits per heavy atom. The Kier molecular flexibility index (Phi) is 6.20. The molecule has 1 heterocycles. The fourth-order valence-corrected chi connectivity index (χ4v) is 3.76. The van der Waals surface area contributed by atoms with E-state index in [1.54, 1.807) is 13.8 Å². The van der Waals surface area contributed by atoms with Crippen molar-refractivity contribution in [2.75, 3.05) is 13.2 Å². The summed E-state index contributed by atoms with van der Waals surface area (Å²) in [7, 11) is 0. The molecule has 2 aliphatic rings. The van der Waals surface area contributed by atoms with Gasteiger partial charge in [0.25, 0.3) is 11.8 Å². The summed E-state index contributed by atoms with van der Waals surface area (Å²) in [5, 5.41) is 5.52. The monoisotopic (exact) mass is 401 g/mol. The Morgan fingerprint density at radius 1 is 1.28 bits per heavy atom. The number of benzene rings is 1. The predicted octanol–water partition coefficient (Wildman–Crippen LogP) is 1.83. The first kappa shape index (κ1) is 20.8. The minimum Gasteiger partial charge on any atom is -0.456 e. The number of nitrogens with zero attached hydrogens (tertiary/aromatic N) is 1. The van der Waals surface area contributed by atoms with Gasteiger partial charge in [-0.1, -0.05) is 24.3 Å². The van der Waals surface area contributed by atoms with Crippen LogP contribution >= 0.6 is 0 Å². The standard InChI is InChI=1S/C21H27N3O5/c1-21(2)19(27)24(20(28)23-21)12-6-11-18(26)29-13-17(25)22-16-10-5-8-14-7-3-4-9-15(14)16/h3-4,7,9,16H,5-6,8,10-13H2,1-2H3,(H,22,25)(H,23,28)/t16-/m1/s1. The van der Waals surface area contributed by atoms with Crippen LogP contribution in [-0.2, 0) is 25.5 Å². The molecule has 1 aromatic carbocycles. The number of imide groups is 1. The van der Waals surface area contributed by atoms with E-state index in [1.807, 2.05) is 18.2 Å². The van der Waals surface area contributed by atoms with Crippen LogP contribution in [0.25, 0.3) is 0 Å². The highest BCUT2D eigenvalue weighted by Gasteiger charge is 2.43. The lowest BCUT2D eigenvalue weighted by Crippen LogP contribution is -2.40. The Balaban J connectivity index is 1.38. The molecule has 0 saturated carbocycles. The van der Waals surface area contributed by atoms with Crippen LogP contribution in [0.4, 0.5) is 4.79 Å². The molecule has 0 spiro atoms. The Morgan fingerprint density at radius 2 is 2.03 bits per heavy atom. The molecule has 0 radical (unpaired) electrons. The molecule has 0 aromatic heterocycles. The molecule has 1 atom stereocenters. The second kappa shape index (κ2) is 8.63. The maximum absolute atomic E-state index is 12.2. The summed E-state index contributed by atoms with van der Waals surface area (Å²) in [5.74, 6) is -1.19. The zero-order valence-electron chi connectivity index (χ0n) is 16.8. The van der Waals surface area contributed by atoms with Gasteiger partial charge in [0.2, 0.25) is 0 Å². The molecule has 1 aliphatic heterocycles. The molecule has 3 rings (SSSR count). The third-order valence-corrected chi connectivity index (χ3v) is 5.28. The third kappa shape index (κ3) is 4.93. The molecule has 156 valence electrons. The zero-order valence-corrected chi connectivity index (χ0v) is 16.8. The molecule has 4 amide bonds. The number of hydrogen-bond donors (Lipinski definition) is 2. The van der Waals surface area contributed by atoms with Gasteiger partial charge in [0.15, 0.2) is 6.61 Å². The number of carbonyl (C=O) groups is 4. The van der Waals surface area contributed by atoms with Crippen molar-refractivity contribution in [2.24, 2.45) is 0 Å². The number of aryl methyl sites for hydroxylation is 1. The highest BCUT2D eigenvalue weighted by molar-refractivity contribution is 6.06. The summed E-state index contributed by atoms with van der Waals surface area (Å²) in [6.45, 7) is 3.05. The van der Waals surface area contributed by atoms with Crippen molar-refractivity contribution < 1.29 is 23.9 Å². The number of fused-ring (bicyclic) bond motifs is 1. The predicted molar refractivity (Wildman–Crippen MR) is 105 cm³/mol. The Labute approximate surface area is 170 Å². The van der Waals surface area contributed by atoms with Crippen LogP contribution in [0.2, 0.25) is 0 Å². The summed E-state index contributed by atoms with van der Waals surface area (Å²) in [6.07, 6.45) is 3.18. The van der Waals surface area contributed by atoms with Crippen molar-refractivity contribution in [1.29, 1.82) is 0 Å². The molecule has 8 nitrogen and oxygen atoms in total. The van der Waals surface area contributed by atoms with Gasteiger partial charge in [-0.15, -0.1) is 0 Å². The lowest BCUT2D eigenvalue weighted by atomic mass is 9.88. The molecule has 29 heavy (non-hydrogen) atoms. The van der Waals surface area contributed by atoms with Gasteiger partial charge >= 0.3 is 12.0 Å². The van der Waals surface area contributed by atoms with E-state index >= 15 is 0 Å². The van der Waals surface area contributed by atoms with Gasteiger partial charge in [0.1, 0.15) is 5.54 Å². The van der Waals surface area contributed by atoms with E-state index in [1.165, 1.54) is 5.56 Å². The van der Waals surface area contributed by atoms with Crippen molar-refractivity contribution in [2.45, 2.75) is 57.5 Å². The lowest BCUT2D eigenvalue weighted by Gasteiger charge is -2.26. The van der Waals surface area contributed by atoms with E-state index in [4.69, 9.17) is 4.74 Å². The van der Waals surface area contributed by atoms with E-state index in [0.29, 0.717) is 0 Å². The van der Waals surface area contributed by atoms with Crippen molar-refractivity contribution in [1.82, 2.24) is 15.5 Å². The quantitative estimate of drug-likeness (QED) is 0.536. The largest absolute Gasteiger partial charge is 0.456 e. The average molecular weight is 401 g/mol. The maximum Gasteiger partial charge on any atom is 0.325 e. The Bertz CT molecular complexity index is 820. The summed E-state index contributed by atoms with van der Waals surface area (Å²) in [5.41, 5.74) is 1.44. The van der Waals surface area contributed by atoms with Crippen molar-refractivity contribution in [3.05, 3.63) is 35.4 Å². The van der Waals surface area contributed by atoms with Gasteiger partial charge in [-0.25, -0.2) is 4.79 Å². The summed E-state index contributed by atoms with van der Waals surface area (Å²) in [4.78, 5) is 49.0. The molecular weight excluding hydrogens is 374 g/mol. The molecule has 1 fully saturated rings. The maximum atomic E-state index is 12.2. The van der Waals surface area contributed by atoms with Crippen LogP contribution in [-0.4, -0.2) is 47.4 Å². The molecule has 2 N–H and O–H groups in total. The van der Waals surface area contributed by atoms with Gasteiger partial charge in [-0.05, 0) is 50.7 Å². The summed E-state index contributed by atoms with van der Waals surface area (Å²) >= 11 is 0. The highest BCUT2D eigenvalue weighted by atomic mass is 16.5. The fourth-order valence-electron chi connectivity index (χ4n) is 3.76. The van der Waals surface area contributed by atoms with E-state index in [2.05, 4.69) is 16.7 Å². The van der Waals surface area contributed by atoms with E-state index in [0.717, 1.165) is 29.7 Å². The van der Waals surface area contributed by atoms with E-state index in [9.17, 15) is 19.2 Å². The van der Waals surface area contributed by atoms with Crippen LogP contribution < -0.4 is 10.6 Å².